The second-order valence-electron chi connectivity index (χ2n) is 5.78. The average Bonchev–Trinajstić information content (AvgIpc) is 2.59. The average molecular weight is 407 g/mol. The van der Waals surface area contributed by atoms with Gasteiger partial charge in [-0.2, -0.15) is 0 Å². The van der Waals surface area contributed by atoms with Crippen molar-refractivity contribution < 1.29 is 9.90 Å². The molecule has 2 rings (SSSR count). The monoisotopic (exact) mass is 406 g/mol. The summed E-state index contributed by atoms with van der Waals surface area (Å²) in [6.45, 7) is 0. The lowest BCUT2D eigenvalue weighted by Crippen LogP contribution is -2.02. The van der Waals surface area contributed by atoms with E-state index in [1.54, 1.807) is 12.1 Å². The summed E-state index contributed by atoms with van der Waals surface area (Å²) < 4.78 is 1.12. The Bertz CT molecular complexity index is 640. The summed E-state index contributed by atoms with van der Waals surface area (Å²) in [6.07, 6.45) is 6.77. The van der Waals surface area contributed by atoms with Crippen molar-refractivity contribution in [2.75, 3.05) is 5.75 Å². The number of benzene rings is 2. The largest absolute Gasteiger partial charge is 0.478 e. The third-order valence-corrected chi connectivity index (χ3v) is 5.55. The van der Waals surface area contributed by atoms with Crippen LogP contribution in [0.4, 0.5) is 0 Å². The van der Waals surface area contributed by atoms with Crippen LogP contribution < -0.4 is 0 Å². The number of thioether (sulfide) groups is 1. The van der Waals surface area contributed by atoms with Crippen LogP contribution in [0.25, 0.3) is 0 Å². The highest BCUT2D eigenvalue weighted by Gasteiger charge is 2.07. The third-order valence-electron chi connectivity index (χ3n) is 3.92. The van der Waals surface area contributed by atoms with E-state index >= 15 is 0 Å². The van der Waals surface area contributed by atoms with Crippen LogP contribution in [0.1, 0.15) is 48.0 Å². The Kier molecular flexibility index (Phi) is 8.40. The molecule has 24 heavy (non-hydrogen) atoms. The quantitative estimate of drug-likeness (QED) is 0.364. The molecule has 0 aliphatic carbocycles. The van der Waals surface area contributed by atoms with E-state index in [0.29, 0.717) is 5.56 Å². The highest BCUT2D eigenvalue weighted by Crippen LogP contribution is 2.22. The van der Waals surface area contributed by atoms with Crippen LogP contribution in [0.15, 0.2) is 57.9 Å². The fourth-order valence-electron chi connectivity index (χ4n) is 2.62. The van der Waals surface area contributed by atoms with Gasteiger partial charge >= 0.3 is 5.97 Å². The number of rotatable bonds is 10. The van der Waals surface area contributed by atoms with Crippen molar-refractivity contribution in [1.29, 1.82) is 0 Å². The Morgan fingerprint density at radius 2 is 1.58 bits per heavy atom. The van der Waals surface area contributed by atoms with Crippen LogP contribution in [-0.4, -0.2) is 16.8 Å². The molecule has 0 aliphatic heterocycles. The van der Waals surface area contributed by atoms with Gasteiger partial charge in [0.05, 0.1) is 5.56 Å². The smallest absolute Gasteiger partial charge is 0.335 e. The van der Waals surface area contributed by atoms with Crippen LogP contribution in [0.5, 0.6) is 0 Å². The highest BCUT2D eigenvalue weighted by molar-refractivity contribution is 9.10. The molecule has 0 aliphatic rings. The normalized spacial score (nSPS) is 10.7. The molecular formula is C20H23BrO2S. The Morgan fingerprint density at radius 3 is 2.33 bits per heavy atom. The molecule has 0 heterocycles. The number of halogens is 1. The third kappa shape index (κ3) is 6.70. The standard InChI is InChI=1S/C20H23BrO2S/c21-17-11-13-18(14-12-17)24-15-7-3-1-2-4-8-16-9-5-6-10-19(16)20(22)23/h5-6,9-14H,1-4,7-8,15H2,(H,22,23). The SMILES string of the molecule is O=C(O)c1ccccc1CCCCCCCSc1ccc(Br)cc1. The van der Waals surface area contributed by atoms with Gasteiger partial charge in [0.2, 0.25) is 0 Å². The summed E-state index contributed by atoms with van der Waals surface area (Å²) in [7, 11) is 0. The maximum atomic E-state index is 11.2. The Labute approximate surface area is 156 Å². The lowest BCUT2D eigenvalue weighted by Gasteiger charge is -2.06. The van der Waals surface area contributed by atoms with E-state index < -0.39 is 5.97 Å². The maximum Gasteiger partial charge on any atom is 0.335 e. The molecule has 0 aromatic heterocycles. The molecule has 2 aromatic carbocycles. The maximum absolute atomic E-state index is 11.2. The van der Waals surface area contributed by atoms with Gasteiger partial charge in [-0.1, -0.05) is 53.4 Å². The molecule has 2 aromatic rings. The minimum atomic E-state index is -0.824. The van der Waals surface area contributed by atoms with E-state index in [9.17, 15) is 4.79 Å². The summed E-state index contributed by atoms with van der Waals surface area (Å²) in [6, 6.07) is 15.8. The van der Waals surface area contributed by atoms with E-state index in [0.717, 1.165) is 35.1 Å². The van der Waals surface area contributed by atoms with Gasteiger partial charge in [-0.15, -0.1) is 11.8 Å². The second-order valence-corrected chi connectivity index (χ2v) is 7.87. The number of hydrogen-bond acceptors (Lipinski definition) is 2. The zero-order chi connectivity index (χ0) is 17.2. The number of carbonyl (C=O) groups is 1. The van der Waals surface area contributed by atoms with Crippen molar-refractivity contribution in [2.24, 2.45) is 0 Å². The summed E-state index contributed by atoms with van der Waals surface area (Å²) in [5.74, 6) is 0.333. The van der Waals surface area contributed by atoms with Gasteiger partial charge in [-0.3, -0.25) is 0 Å². The van der Waals surface area contributed by atoms with Crippen LogP contribution >= 0.6 is 27.7 Å². The van der Waals surface area contributed by atoms with Crippen molar-refractivity contribution in [3.63, 3.8) is 0 Å². The number of carboxylic acids is 1. The summed E-state index contributed by atoms with van der Waals surface area (Å²) in [4.78, 5) is 12.5. The van der Waals surface area contributed by atoms with Gasteiger partial charge in [-0.25, -0.2) is 4.79 Å². The molecule has 0 bridgehead atoms. The van der Waals surface area contributed by atoms with Gasteiger partial charge in [0.1, 0.15) is 0 Å². The highest BCUT2D eigenvalue weighted by atomic mass is 79.9. The van der Waals surface area contributed by atoms with E-state index in [-0.39, 0.29) is 0 Å². The molecule has 0 fully saturated rings. The number of aromatic carboxylic acids is 1. The number of aryl methyl sites for hydroxylation is 1. The van der Waals surface area contributed by atoms with Crippen molar-refractivity contribution in [3.05, 3.63) is 64.1 Å². The minimum absolute atomic E-state index is 0.448. The molecule has 2 nitrogen and oxygen atoms in total. The fourth-order valence-corrected chi connectivity index (χ4v) is 3.79. The molecule has 0 saturated heterocycles. The van der Waals surface area contributed by atoms with E-state index in [4.69, 9.17) is 5.11 Å². The van der Waals surface area contributed by atoms with Crippen molar-refractivity contribution >= 4 is 33.7 Å². The summed E-state index contributed by atoms with van der Waals surface area (Å²) in [5, 5.41) is 9.17. The first-order valence-corrected chi connectivity index (χ1v) is 10.1. The summed E-state index contributed by atoms with van der Waals surface area (Å²) in [5.41, 5.74) is 1.40. The molecule has 0 saturated carbocycles. The van der Waals surface area contributed by atoms with E-state index in [2.05, 4.69) is 40.2 Å². The Balaban J connectivity index is 1.56. The molecule has 128 valence electrons. The molecule has 0 radical (unpaired) electrons. The molecule has 0 unspecified atom stereocenters. The predicted molar refractivity (Wildman–Crippen MR) is 105 cm³/mol. The van der Waals surface area contributed by atoms with Crippen molar-refractivity contribution in [3.8, 4) is 0 Å². The molecule has 1 N–H and O–H groups in total. The number of carboxylic acid groups (broad SMARTS) is 1. The molecule has 0 amide bonds. The molecule has 0 atom stereocenters. The van der Waals surface area contributed by atoms with Gasteiger partial charge in [-0.05, 0) is 60.9 Å². The summed E-state index contributed by atoms with van der Waals surface area (Å²) >= 11 is 5.36. The van der Waals surface area contributed by atoms with Crippen LogP contribution in [0.3, 0.4) is 0 Å². The predicted octanol–water partition coefficient (Wildman–Crippen LogP) is 6.43. The number of hydrogen-bond donors (Lipinski definition) is 1. The fraction of sp³-hybridized carbons (Fsp3) is 0.350. The van der Waals surface area contributed by atoms with Gasteiger partial charge in [0.15, 0.2) is 0 Å². The van der Waals surface area contributed by atoms with Gasteiger partial charge < -0.3 is 5.11 Å². The van der Waals surface area contributed by atoms with Crippen LogP contribution in [0, 0.1) is 0 Å². The van der Waals surface area contributed by atoms with Crippen LogP contribution in [0.2, 0.25) is 0 Å². The topological polar surface area (TPSA) is 37.3 Å². The lowest BCUT2D eigenvalue weighted by atomic mass is 10.0. The van der Waals surface area contributed by atoms with Gasteiger partial charge in [0.25, 0.3) is 0 Å². The Morgan fingerprint density at radius 1 is 0.917 bits per heavy atom. The molecule has 4 heteroatoms. The van der Waals surface area contributed by atoms with E-state index in [1.807, 2.05) is 23.9 Å². The first kappa shape index (κ1) is 19.1. The zero-order valence-electron chi connectivity index (χ0n) is 13.7. The van der Waals surface area contributed by atoms with Crippen molar-refractivity contribution in [2.45, 2.75) is 43.4 Å². The second kappa shape index (κ2) is 10.6. The molecular weight excluding hydrogens is 384 g/mol. The van der Waals surface area contributed by atoms with E-state index in [1.165, 1.54) is 24.2 Å². The zero-order valence-corrected chi connectivity index (χ0v) is 16.1. The van der Waals surface area contributed by atoms with Crippen LogP contribution in [-0.2, 0) is 6.42 Å². The van der Waals surface area contributed by atoms with Crippen molar-refractivity contribution in [1.82, 2.24) is 0 Å². The lowest BCUT2D eigenvalue weighted by molar-refractivity contribution is 0.0695. The molecule has 0 spiro atoms. The number of unbranched alkanes of at least 4 members (excludes halogenated alkanes) is 4. The van der Waals surface area contributed by atoms with Gasteiger partial charge in [0, 0.05) is 9.37 Å². The minimum Gasteiger partial charge on any atom is -0.478 e. The first-order chi connectivity index (χ1) is 11.7. The Hall–Kier alpha value is -1.26. The first-order valence-electron chi connectivity index (χ1n) is 8.36.